The Balaban J connectivity index is 2.09. The topological polar surface area (TPSA) is 90.4 Å². The number of aliphatic hydroxyl groups excluding tert-OH is 1. The molecule has 28 heavy (non-hydrogen) atoms. The van der Waals surface area contributed by atoms with E-state index in [0.29, 0.717) is 18.1 Å². The number of likely N-dealkylation sites (tertiary alicyclic amines) is 1. The van der Waals surface area contributed by atoms with E-state index in [1.165, 1.54) is 19.1 Å². The summed E-state index contributed by atoms with van der Waals surface area (Å²) in [7, 11) is 2.98. The maximum absolute atomic E-state index is 12.8. The number of ether oxygens (including phenoxy) is 4. The lowest BCUT2D eigenvalue weighted by atomic mass is 9.79. The molecule has 0 aliphatic carbocycles. The van der Waals surface area contributed by atoms with Crippen LogP contribution in [-0.4, -0.2) is 73.5 Å². The first-order valence-corrected chi connectivity index (χ1v) is 9.35. The number of β-lactam (4-membered cyclic amide) rings is 1. The molecule has 2 unspecified atom stereocenters. The van der Waals surface area contributed by atoms with Crippen LogP contribution < -0.4 is 4.74 Å². The number of unbranched alkanes of at least 4 members (excludes halogenated alkanes) is 2. The number of hydrogen-bond acceptors (Lipinski definition) is 7. The van der Waals surface area contributed by atoms with Crippen molar-refractivity contribution in [3.63, 3.8) is 0 Å². The SMILES string of the molecule is C=CCCCCOc1ccnc(CC2(OCOC)C(=O)N(COC)C2CO)c1. The minimum absolute atomic E-state index is 0.0669. The average molecular weight is 394 g/mol. The van der Waals surface area contributed by atoms with Crippen LogP contribution in [0.5, 0.6) is 5.75 Å². The van der Waals surface area contributed by atoms with Crippen LogP contribution in [0.15, 0.2) is 31.0 Å². The van der Waals surface area contributed by atoms with Crippen molar-refractivity contribution in [2.75, 3.05) is 41.0 Å². The van der Waals surface area contributed by atoms with Crippen molar-refractivity contribution >= 4 is 5.91 Å². The lowest BCUT2D eigenvalue weighted by molar-refractivity contribution is -0.237. The number of aliphatic hydroxyl groups is 1. The van der Waals surface area contributed by atoms with Gasteiger partial charge in [0.25, 0.3) is 5.91 Å². The minimum atomic E-state index is -1.24. The summed E-state index contributed by atoms with van der Waals surface area (Å²) in [6.45, 7) is 4.07. The summed E-state index contributed by atoms with van der Waals surface area (Å²) in [5.74, 6) is 0.426. The maximum atomic E-state index is 12.8. The molecule has 1 aliphatic heterocycles. The molecule has 1 aromatic rings. The third-order valence-corrected chi connectivity index (χ3v) is 4.72. The van der Waals surface area contributed by atoms with Crippen LogP contribution in [0, 0.1) is 0 Å². The number of aromatic nitrogens is 1. The monoisotopic (exact) mass is 394 g/mol. The molecule has 0 radical (unpaired) electrons. The first-order chi connectivity index (χ1) is 13.6. The van der Waals surface area contributed by atoms with Crippen LogP contribution in [0.3, 0.4) is 0 Å². The average Bonchev–Trinajstić information content (AvgIpc) is 2.71. The predicted octanol–water partition coefficient (Wildman–Crippen LogP) is 1.53. The second-order valence-electron chi connectivity index (χ2n) is 6.62. The highest BCUT2D eigenvalue weighted by Crippen LogP contribution is 2.37. The number of amides is 1. The molecule has 0 aromatic carbocycles. The molecule has 1 N–H and O–H groups in total. The number of methoxy groups -OCH3 is 2. The Morgan fingerprint density at radius 1 is 1.36 bits per heavy atom. The van der Waals surface area contributed by atoms with Crippen molar-refractivity contribution in [1.82, 2.24) is 9.88 Å². The number of allylic oxidation sites excluding steroid dienone is 1. The predicted molar refractivity (Wildman–Crippen MR) is 103 cm³/mol. The molecule has 0 saturated carbocycles. The van der Waals surface area contributed by atoms with Gasteiger partial charge in [0.2, 0.25) is 0 Å². The highest BCUT2D eigenvalue weighted by molar-refractivity contribution is 5.93. The molecule has 1 saturated heterocycles. The molecule has 2 heterocycles. The molecule has 156 valence electrons. The minimum Gasteiger partial charge on any atom is -0.493 e. The summed E-state index contributed by atoms with van der Waals surface area (Å²) in [4.78, 5) is 18.6. The Hall–Kier alpha value is -2.00. The highest BCUT2D eigenvalue weighted by atomic mass is 16.7. The van der Waals surface area contributed by atoms with Gasteiger partial charge in [0, 0.05) is 38.6 Å². The van der Waals surface area contributed by atoms with E-state index in [1.54, 1.807) is 18.3 Å². The number of hydrogen-bond donors (Lipinski definition) is 1. The maximum Gasteiger partial charge on any atom is 0.259 e. The fraction of sp³-hybridized carbons (Fsp3) is 0.600. The number of carbonyl (C=O) groups excluding carboxylic acids is 1. The summed E-state index contributed by atoms with van der Waals surface area (Å²) in [6.07, 6.45) is 6.66. The fourth-order valence-corrected chi connectivity index (χ4v) is 3.31. The summed E-state index contributed by atoms with van der Waals surface area (Å²) in [6, 6.07) is 3.04. The molecule has 0 spiro atoms. The zero-order chi connectivity index (χ0) is 20.4. The van der Waals surface area contributed by atoms with Crippen molar-refractivity contribution in [1.29, 1.82) is 0 Å². The van der Waals surface area contributed by atoms with E-state index in [0.717, 1.165) is 19.3 Å². The Labute approximate surface area is 166 Å². The molecule has 1 aliphatic rings. The van der Waals surface area contributed by atoms with Crippen LogP contribution >= 0.6 is 0 Å². The van der Waals surface area contributed by atoms with E-state index < -0.39 is 11.6 Å². The summed E-state index contributed by atoms with van der Waals surface area (Å²) < 4.78 is 21.6. The Bertz CT molecular complexity index is 641. The Kier molecular flexibility index (Phi) is 8.85. The van der Waals surface area contributed by atoms with Gasteiger partial charge in [0.1, 0.15) is 19.3 Å². The van der Waals surface area contributed by atoms with E-state index >= 15 is 0 Å². The zero-order valence-electron chi connectivity index (χ0n) is 16.6. The van der Waals surface area contributed by atoms with Crippen LogP contribution in [0.2, 0.25) is 0 Å². The second kappa shape index (κ2) is 11.1. The molecule has 2 rings (SSSR count). The van der Waals surface area contributed by atoms with Gasteiger partial charge in [0.05, 0.1) is 19.3 Å². The van der Waals surface area contributed by atoms with E-state index in [4.69, 9.17) is 18.9 Å². The molecule has 1 aromatic heterocycles. The summed E-state index contributed by atoms with van der Waals surface area (Å²) in [5.41, 5.74) is -0.595. The van der Waals surface area contributed by atoms with Gasteiger partial charge in [-0.15, -0.1) is 6.58 Å². The molecule has 0 bridgehead atoms. The summed E-state index contributed by atoms with van der Waals surface area (Å²) >= 11 is 0. The Morgan fingerprint density at radius 3 is 2.86 bits per heavy atom. The van der Waals surface area contributed by atoms with Crippen molar-refractivity contribution in [2.24, 2.45) is 0 Å². The van der Waals surface area contributed by atoms with Gasteiger partial charge < -0.3 is 29.0 Å². The van der Waals surface area contributed by atoms with Crippen molar-refractivity contribution in [3.8, 4) is 5.75 Å². The van der Waals surface area contributed by atoms with E-state index in [-0.39, 0.29) is 32.5 Å². The number of nitrogens with zero attached hydrogens (tertiary/aromatic N) is 2. The van der Waals surface area contributed by atoms with Crippen molar-refractivity contribution in [2.45, 2.75) is 37.3 Å². The largest absolute Gasteiger partial charge is 0.493 e. The van der Waals surface area contributed by atoms with Crippen molar-refractivity contribution in [3.05, 3.63) is 36.7 Å². The van der Waals surface area contributed by atoms with Gasteiger partial charge in [-0.05, 0) is 25.3 Å². The first kappa shape index (κ1) is 22.3. The van der Waals surface area contributed by atoms with Crippen LogP contribution in [-0.2, 0) is 25.4 Å². The van der Waals surface area contributed by atoms with E-state index in [2.05, 4.69) is 11.6 Å². The highest BCUT2D eigenvalue weighted by Gasteiger charge is 2.62. The number of rotatable bonds is 14. The molecular weight excluding hydrogens is 364 g/mol. The second-order valence-corrected chi connectivity index (χ2v) is 6.62. The summed E-state index contributed by atoms with van der Waals surface area (Å²) in [5, 5.41) is 9.83. The van der Waals surface area contributed by atoms with Crippen LogP contribution in [0.1, 0.15) is 25.0 Å². The van der Waals surface area contributed by atoms with Gasteiger partial charge in [0.15, 0.2) is 5.60 Å². The smallest absolute Gasteiger partial charge is 0.259 e. The molecule has 1 fully saturated rings. The van der Waals surface area contributed by atoms with Crippen LogP contribution in [0.25, 0.3) is 0 Å². The fourth-order valence-electron chi connectivity index (χ4n) is 3.31. The van der Waals surface area contributed by atoms with E-state index in [9.17, 15) is 9.90 Å². The zero-order valence-corrected chi connectivity index (χ0v) is 16.6. The molecular formula is C20H30N2O6. The third-order valence-electron chi connectivity index (χ3n) is 4.72. The normalized spacial score (nSPS) is 21.5. The number of carbonyl (C=O) groups is 1. The van der Waals surface area contributed by atoms with Crippen LogP contribution in [0.4, 0.5) is 0 Å². The lowest BCUT2D eigenvalue weighted by Gasteiger charge is -2.54. The van der Waals surface area contributed by atoms with Gasteiger partial charge in [-0.25, -0.2) is 0 Å². The van der Waals surface area contributed by atoms with Crippen molar-refractivity contribution < 1.29 is 28.8 Å². The lowest BCUT2D eigenvalue weighted by Crippen LogP contribution is -2.77. The molecule has 8 heteroatoms. The number of pyridine rings is 1. The molecule has 2 atom stereocenters. The third kappa shape index (κ3) is 5.08. The van der Waals surface area contributed by atoms with E-state index in [1.807, 2.05) is 6.08 Å². The first-order valence-electron chi connectivity index (χ1n) is 9.35. The molecule has 1 amide bonds. The quantitative estimate of drug-likeness (QED) is 0.221. The standard InChI is InChI=1S/C20H30N2O6/c1-4-5-6-7-10-27-17-8-9-21-16(11-17)12-20(28-15-26-3)18(13-23)22(14-25-2)19(20)24/h4,8-9,11,18,23H,1,5-7,10,12-15H2,2-3H3. The van der Waals surface area contributed by atoms with Gasteiger partial charge in [-0.2, -0.15) is 0 Å². The Morgan fingerprint density at radius 2 is 2.18 bits per heavy atom. The van der Waals surface area contributed by atoms with Gasteiger partial charge in [-0.1, -0.05) is 6.08 Å². The molecule has 8 nitrogen and oxygen atoms in total. The van der Waals surface area contributed by atoms with Gasteiger partial charge >= 0.3 is 0 Å². The van der Waals surface area contributed by atoms with Gasteiger partial charge in [-0.3, -0.25) is 9.78 Å².